The van der Waals surface area contributed by atoms with Crippen LogP contribution in [0.1, 0.15) is 53.0 Å². The lowest BCUT2D eigenvalue weighted by atomic mass is 10.1. The summed E-state index contributed by atoms with van der Waals surface area (Å²) >= 11 is 6.12. The lowest BCUT2D eigenvalue weighted by Crippen LogP contribution is -2.35. The second-order valence-corrected chi connectivity index (χ2v) is 6.42. The molecular weight excluding hydrogens is 300 g/mol. The van der Waals surface area contributed by atoms with Crippen molar-refractivity contribution in [3.63, 3.8) is 0 Å². The monoisotopic (exact) mass is 318 g/mol. The van der Waals surface area contributed by atoms with Gasteiger partial charge >= 0.3 is 0 Å². The minimum Gasteiger partial charge on any atom is -0.445 e. The van der Waals surface area contributed by atoms with Gasteiger partial charge in [-0.3, -0.25) is 4.79 Å². The number of halogens is 1. The summed E-state index contributed by atoms with van der Waals surface area (Å²) in [7, 11) is 0. The zero-order chi connectivity index (χ0) is 15.9. The SMILES string of the molecule is Cc1ccc(C(=O)N2CCc3oc(C(C)C)nc3C2)cc1Cl. The van der Waals surface area contributed by atoms with Crippen LogP contribution in [0.3, 0.4) is 0 Å². The van der Waals surface area contributed by atoms with E-state index in [2.05, 4.69) is 18.8 Å². The summed E-state index contributed by atoms with van der Waals surface area (Å²) in [6.07, 6.45) is 0.709. The van der Waals surface area contributed by atoms with Crippen molar-refractivity contribution >= 4 is 17.5 Å². The fourth-order valence-electron chi connectivity index (χ4n) is 2.55. The Morgan fingerprint density at radius 1 is 1.41 bits per heavy atom. The minimum absolute atomic E-state index is 0.0124. The molecule has 0 unspecified atom stereocenters. The lowest BCUT2D eigenvalue weighted by molar-refractivity contribution is 0.0728. The highest BCUT2D eigenvalue weighted by Crippen LogP contribution is 2.25. The molecule has 0 saturated carbocycles. The van der Waals surface area contributed by atoms with Crippen LogP contribution in [0.4, 0.5) is 0 Å². The fourth-order valence-corrected chi connectivity index (χ4v) is 2.73. The number of fused-ring (bicyclic) bond motifs is 1. The molecule has 1 aliphatic heterocycles. The van der Waals surface area contributed by atoms with Gasteiger partial charge in [0.15, 0.2) is 5.89 Å². The van der Waals surface area contributed by atoms with E-state index in [-0.39, 0.29) is 11.8 Å². The predicted octanol–water partition coefficient (Wildman–Crippen LogP) is 3.96. The molecule has 0 N–H and O–H groups in total. The summed E-state index contributed by atoms with van der Waals surface area (Å²) in [4.78, 5) is 18.9. The van der Waals surface area contributed by atoms with Crippen molar-refractivity contribution in [1.29, 1.82) is 0 Å². The van der Waals surface area contributed by atoms with Gasteiger partial charge in [-0.1, -0.05) is 31.5 Å². The highest BCUT2D eigenvalue weighted by molar-refractivity contribution is 6.31. The predicted molar refractivity (Wildman–Crippen MR) is 85.2 cm³/mol. The van der Waals surface area contributed by atoms with Crippen LogP contribution < -0.4 is 0 Å². The Bertz CT molecular complexity index is 721. The van der Waals surface area contributed by atoms with E-state index in [1.165, 1.54) is 0 Å². The topological polar surface area (TPSA) is 46.3 Å². The van der Waals surface area contributed by atoms with Gasteiger partial charge < -0.3 is 9.32 Å². The molecule has 0 aliphatic carbocycles. The molecule has 5 heteroatoms. The minimum atomic E-state index is -0.0124. The van der Waals surface area contributed by atoms with Gasteiger partial charge in [-0.25, -0.2) is 4.98 Å². The van der Waals surface area contributed by atoms with Gasteiger partial charge in [-0.05, 0) is 24.6 Å². The number of benzene rings is 1. The second kappa shape index (κ2) is 5.76. The van der Waals surface area contributed by atoms with Gasteiger partial charge in [0.25, 0.3) is 5.91 Å². The van der Waals surface area contributed by atoms with Crippen molar-refractivity contribution in [2.24, 2.45) is 0 Å². The number of aromatic nitrogens is 1. The highest BCUT2D eigenvalue weighted by Gasteiger charge is 2.26. The molecule has 1 aromatic carbocycles. The summed E-state index contributed by atoms with van der Waals surface area (Å²) in [5.41, 5.74) is 2.46. The van der Waals surface area contributed by atoms with E-state index in [4.69, 9.17) is 16.0 Å². The number of carbonyl (C=O) groups is 1. The molecule has 116 valence electrons. The van der Waals surface area contributed by atoms with Gasteiger partial charge in [0.2, 0.25) is 0 Å². The van der Waals surface area contributed by atoms with Gasteiger partial charge in [-0.2, -0.15) is 0 Å². The molecule has 2 aromatic rings. The molecular formula is C17H19ClN2O2. The molecule has 1 aliphatic rings. The lowest BCUT2D eigenvalue weighted by Gasteiger charge is -2.25. The molecule has 0 spiro atoms. The third-order valence-corrected chi connectivity index (χ3v) is 4.35. The largest absolute Gasteiger partial charge is 0.445 e. The molecule has 0 bridgehead atoms. The van der Waals surface area contributed by atoms with Crippen LogP contribution in [-0.4, -0.2) is 22.3 Å². The second-order valence-electron chi connectivity index (χ2n) is 6.02. The maximum atomic E-state index is 12.6. The summed E-state index contributed by atoms with van der Waals surface area (Å²) < 4.78 is 5.77. The van der Waals surface area contributed by atoms with E-state index in [0.29, 0.717) is 30.1 Å². The number of amides is 1. The third kappa shape index (κ3) is 2.75. The van der Waals surface area contributed by atoms with Crippen LogP contribution in [0, 0.1) is 6.92 Å². The average molecular weight is 319 g/mol. The number of aryl methyl sites for hydroxylation is 1. The number of hydrogen-bond donors (Lipinski definition) is 0. The van der Waals surface area contributed by atoms with Gasteiger partial charge in [0.05, 0.1) is 6.54 Å². The average Bonchev–Trinajstić information content (AvgIpc) is 2.92. The Balaban J connectivity index is 1.81. The smallest absolute Gasteiger partial charge is 0.254 e. The zero-order valence-corrected chi connectivity index (χ0v) is 13.8. The normalized spacial score (nSPS) is 14.3. The maximum absolute atomic E-state index is 12.6. The van der Waals surface area contributed by atoms with Crippen molar-refractivity contribution in [2.75, 3.05) is 6.54 Å². The molecule has 4 nitrogen and oxygen atoms in total. The number of oxazole rings is 1. The first-order chi connectivity index (χ1) is 10.5. The Kier molecular flexibility index (Phi) is 3.96. The first-order valence-electron chi connectivity index (χ1n) is 7.49. The number of rotatable bonds is 2. The molecule has 22 heavy (non-hydrogen) atoms. The van der Waals surface area contributed by atoms with Gasteiger partial charge in [-0.15, -0.1) is 0 Å². The molecule has 2 heterocycles. The van der Waals surface area contributed by atoms with Crippen molar-refractivity contribution < 1.29 is 9.21 Å². The summed E-state index contributed by atoms with van der Waals surface area (Å²) in [6, 6.07) is 5.43. The van der Waals surface area contributed by atoms with Crippen LogP contribution >= 0.6 is 11.6 Å². The highest BCUT2D eigenvalue weighted by atomic mass is 35.5. The Labute approximate surface area is 135 Å². The summed E-state index contributed by atoms with van der Waals surface area (Å²) in [6.45, 7) is 7.16. The summed E-state index contributed by atoms with van der Waals surface area (Å²) in [5, 5.41) is 0.618. The number of carbonyl (C=O) groups excluding carboxylic acids is 1. The van der Waals surface area contributed by atoms with Crippen LogP contribution in [0.5, 0.6) is 0 Å². The van der Waals surface area contributed by atoms with Crippen LogP contribution in [0.2, 0.25) is 5.02 Å². The van der Waals surface area contributed by atoms with Crippen LogP contribution in [0.25, 0.3) is 0 Å². The van der Waals surface area contributed by atoms with E-state index < -0.39 is 0 Å². The summed E-state index contributed by atoms with van der Waals surface area (Å²) in [5.74, 6) is 1.90. The standard InChI is InChI=1S/C17H19ClN2O2/c1-10(2)16-19-14-9-20(7-6-15(14)22-16)17(21)12-5-4-11(3)13(18)8-12/h4-5,8,10H,6-7,9H2,1-3H3. The molecule has 0 atom stereocenters. The zero-order valence-electron chi connectivity index (χ0n) is 13.0. The van der Waals surface area contributed by atoms with Crippen molar-refractivity contribution in [2.45, 2.75) is 39.7 Å². The van der Waals surface area contributed by atoms with E-state index >= 15 is 0 Å². The van der Waals surface area contributed by atoms with Gasteiger partial charge in [0, 0.05) is 29.5 Å². The number of nitrogens with zero attached hydrogens (tertiary/aromatic N) is 2. The Morgan fingerprint density at radius 3 is 2.86 bits per heavy atom. The van der Waals surface area contributed by atoms with Gasteiger partial charge in [0.1, 0.15) is 11.5 Å². The molecule has 1 amide bonds. The maximum Gasteiger partial charge on any atom is 0.254 e. The Morgan fingerprint density at radius 2 is 2.18 bits per heavy atom. The van der Waals surface area contributed by atoms with E-state index in [1.54, 1.807) is 11.0 Å². The number of hydrogen-bond acceptors (Lipinski definition) is 3. The third-order valence-electron chi connectivity index (χ3n) is 3.94. The molecule has 1 aromatic heterocycles. The van der Waals surface area contributed by atoms with Crippen molar-refractivity contribution in [3.05, 3.63) is 51.7 Å². The van der Waals surface area contributed by atoms with E-state index in [0.717, 1.165) is 22.9 Å². The Hall–Kier alpha value is -1.81. The first kappa shape index (κ1) is 15.1. The first-order valence-corrected chi connectivity index (χ1v) is 7.87. The van der Waals surface area contributed by atoms with E-state index in [1.807, 2.05) is 19.1 Å². The van der Waals surface area contributed by atoms with Crippen molar-refractivity contribution in [3.8, 4) is 0 Å². The quantitative estimate of drug-likeness (QED) is 0.842. The van der Waals surface area contributed by atoms with E-state index in [9.17, 15) is 4.79 Å². The van der Waals surface area contributed by atoms with Crippen molar-refractivity contribution in [1.82, 2.24) is 9.88 Å². The van der Waals surface area contributed by atoms with Crippen LogP contribution in [0.15, 0.2) is 22.6 Å². The molecule has 0 saturated heterocycles. The molecule has 0 fully saturated rings. The molecule has 3 rings (SSSR count). The molecule has 0 radical (unpaired) electrons. The fraction of sp³-hybridized carbons (Fsp3) is 0.412. The van der Waals surface area contributed by atoms with Crippen LogP contribution in [-0.2, 0) is 13.0 Å².